The Morgan fingerprint density at radius 1 is 1.15 bits per heavy atom. The lowest BCUT2D eigenvalue weighted by molar-refractivity contribution is -0.119. The summed E-state index contributed by atoms with van der Waals surface area (Å²) in [5, 5.41) is 11.7. The first-order chi connectivity index (χ1) is 12.3. The van der Waals surface area contributed by atoms with Gasteiger partial charge in [0, 0.05) is 12.3 Å². The first-order valence-electron chi connectivity index (χ1n) is 8.46. The summed E-state index contributed by atoms with van der Waals surface area (Å²) in [6, 6.07) is 9.69. The summed E-state index contributed by atoms with van der Waals surface area (Å²) in [7, 11) is 0. The molecule has 6 nitrogen and oxygen atoms in total. The van der Waals surface area contributed by atoms with Crippen molar-refractivity contribution in [3.05, 3.63) is 63.5 Å². The van der Waals surface area contributed by atoms with Crippen LogP contribution in [0.2, 0.25) is 0 Å². The van der Waals surface area contributed by atoms with Gasteiger partial charge in [-0.2, -0.15) is 10.2 Å². The molecule has 1 aromatic carbocycles. The summed E-state index contributed by atoms with van der Waals surface area (Å²) in [5.74, 6) is 0.387. The molecule has 0 bridgehead atoms. The number of nitrogens with zero attached hydrogens (tertiary/aromatic N) is 4. The lowest BCUT2D eigenvalue weighted by Crippen LogP contribution is -2.25. The van der Waals surface area contributed by atoms with E-state index in [-0.39, 0.29) is 5.91 Å². The highest BCUT2D eigenvalue weighted by Gasteiger charge is 2.21. The molecule has 3 aromatic rings. The van der Waals surface area contributed by atoms with Crippen LogP contribution in [0.3, 0.4) is 0 Å². The Hall–Kier alpha value is -2.41. The minimum Gasteiger partial charge on any atom is -0.307 e. The highest BCUT2D eigenvalue weighted by atomic mass is 79.9. The second-order valence-corrected chi connectivity index (χ2v) is 7.27. The molecule has 3 rings (SSSR count). The molecule has 136 valence electrons. The van der Waals surface area contributed by atoms with Crippen LogP contribution in [-0.4, -0.2) is 25.5 Å². The fourth-order valence-electron chi connectivity index (χ4n) is 2.76. The molecule has 26 heavy (non-hydrogen) atoms. The van der Waals surface area contributed by atoms with E-state index < -0.39 is 6.04 Å². The maximum absolute atomic E-state index is 12.6. The standard InChI is InChI=1S/C19H22BrN5O/c1-12-5-7-16(8-6-12)11-24-10-9-17(23-24)21-19(26)15(4)25-14(3)18(20)13(2)22-25/h5-10,15H,11H2,1-4H3,(H,21,23,26). The van der Waals surface area contributed by atoms with Crippen molar-refractivity contribution in [3.8, 4) is 0 Å². The Morgan fingerprint density at radius 2 is 1.85 bits per heavy atom. The molecule has 0 saturated heterocycles. The Bertz CT molecular complexity index is 926. The van der Waals surface area contributed by atoms with Gasteiger partial charge in [0.15, 0.2) is 5.82 Å². The van der Waals surface area contributed by atoms with Gasteiger partial charge in [-0.05, 0) is 49.2 Å². The first-order valence-corrected chi connectivity index (χ1v) is 9.25. The number of hydrogen-bond donors (Lipinski definition) is 1. The average molecular weight is 416 g/mol. The second kappa shape index (κ2) is 7.45. The first kappa shape index (κ1) is 18.4. The third-order valence-electron chi connectivity index (χ3n) is 4.34. The molecule has 7 heteroatoms. The monoisotopic (exact) mass is 415 g/mol. The Labute approximate surface area is 161 Å². The largest absolute Gasteiger partial charge is 0.307 e. The number of aryl methyl sites for hydroxylation is 2. The summed E-state index contributed by atoms with van der Waals surface area (Å²) in [6.45, 7) is 8.39. The number of rotatable bonds is 5. The van der Waals surface area contributed by atoms with E-state index in [0.717, 1.165) is 21.4 Å². The van der Waals surface area contributed by atoms with E-state index in [0.29, 0.717) is 12.4 Å². The van der Waals surface area contributed by atoms with Crippen LogP contribution in [-0.2, 0) is 11.3 Å². The molecule has 1 N–H and O–H groups in total. The number of aromatic nitrogens is 4. The fourth-order valence-corrected chi connectivity index (χ4v) is 3.02. The van der Waals surface area contributed by atoms with Crippen LogP contribution < -0.4 is 5.32 Å². The molecule has 0 aliphatic rings. The van der Waals surface area contributed by atoms with E-state index in [1.54, 1.807) is 10.7 Å². The molecule has 0 spiro atoms. The number of carbonyl (C=O) groups is 1. The van der Waals surface area contributed by atoms with E-state index >= 15 is 0 Å². The van der Waals surface area contributed by atoms with Crippen LogP contribution in [0.5, 0.6) is 0 Å². The van der Waals surface area contributed by atoms with Gasteiger partial charge in [-0.25, -0.2) is 0 Å². The van der Waals surface area contributed by atoms with Crippen molar-refractivity contribution in [1.29, 1.82) is 0 Å². The summed E-state index contributed by atoms with van der Waals surface area (Å²) >= 11 is 3.49. The summed E-state index contributed by atoms with van der Waals surface area (Å²) in [4.78, 5) is 12.6. The number of benzene rings is 1. The maximum Gasteiger partial charge on any atom is 0.250 e. The van der Waals surface area contributed by atoms with Gasteiger partial charge in [0.1, 0.15) is 6.04 Å². The summed E-state index contributed by atoms with van der Waals surface area (Å²) < 4.78 is 4.46. The number of hydrogen-bond acceptors (Lipinski definition) is 3. The van der Waals surface area contributed by atoms with E-state index in [9.17, 15) is 4.79 Å². The van der Waals surface area contributed by atoms with Gasteiger partial charge in [0.2, 0.25) is 5.91 Å². The highest BCUT2D eigenvalue weighted by molar-refractivity contribution is 9.10. The van der Waals surface area contributed by atoms with Crippen molar-refractivity contribution >= 4 is 27.7 Å². The van der Waals surface area contributed by atoms with Crippen molar-refractivity contribution < 1.29 is 4.79 Å². The van der Waals surface area contributed by atoms with Gasteiger partial charge in [-0.3, -0.25) is 14.2 Å². The molecule has 1 amide bonds. The molecule has 0 radical (unpaired) electrons. The molecule has 0 fully saturated rings. The zero-order valence-electron chi connectivity index (χ0n) is 15.3. The van der Waals surface area contributed by atoms with Gasteiger partial charge in [0.25, 0.3) is 0 Å². The van der Waals surface area contributed by atoms with E-state index in [2.05, 4.69) is 62.6 Å². The zero-order valence-corrected chi connectivity index (χ0v) is 16.9. The van der Waals surface area contributed by atoms with Crippen LogP contribution in [0.15, 0.2) is 41.0 Å². The molecule has 0 aliphatic heterocycles. The quantitative estimate of drug-likeness (QED) is 0.684. The van der Waals surface area contributed by atoms with Crippen LogP contribution in [0.1, 0.15) is 35.5 Å². The number of anilines is 1. The molecule has 1 atom stereocenters. The van der Waals surface area contributed by atoms with E-state index in [1.807, 2.05) is 31.6 Å². The third-order valence-corrected chi connectivity index (χ3v) is 5.49. The maximum atomic E-state index is 12.6. The van der Waals surface area contributed by atoms with Crippen LogP contribution in [0, 0.1) is 20.8 Å². The van der Waals surface area contributed by atoms with Gasteiger partial charge in [-0.15, -0.1) is 0 Å². The molecule has 1 unspecified atom stereocenters. The topological polar surface area (TPSA) is 64.7 Å². The smallest absolute Gasteiger partial charge is 0.250 e. The van der Waals surface area contributed by atoms with Gasteiger partial charge in [-0.1, -0.05) is 29.8 Å². The highest BCUT2D eigenvalue weighted by Crippen LogP contribution is 2.23. The fraction of sp³-hybridized carbons (Fsp3) is 0.316. The molecule has 2 aromatic heterocycles. The van der Waals surface area contributed by atoms with Crippen LogP contribution in [0.25, 0.3) is 0 Å². The SMILES string of the molecule is Cc1ccc(Cn2ccc(NC(=O)C(C)n3nc(C)c(Br)c3C)n2)cc1. The number of amides is 1. The zero-order chi connectivity index (χ0) is 18.8. The molecule has 0 saturated carbocycles. The van der Waals surface area contributed by atoms with Crippen LogP contribution in [0.4, 0.5) is 5.82 Å². The lowest BCUT2D eigenvalue weighted by Gasteiger charge is -2.13. The summed E-state index contributed by atoms with van der Waals surface area (Å²) in [6.07, 6.45) is 1.86. The Balaban J connectivity index is 1.67. The van der Waals surface area contributed by atoms with Crippen molar-refractivity contribution in [2.24, 2.45) is 0 Å². The number of halogens is 1. The van der Waals surface area contributed by atoms with Gasteiger partial charge < -0.3 is 5.32 Å². The van der Waals surface area contributed by atoms with Gasteiger partial charge >= 0.3 is 0 Å². The van der Waals surface area contributed by atoms with E-state index in [4.69, 9.17) is 0 Å². The lowest BCUT2D eigenvalue weighted by atomic mass is 10.1. The van der Waals surface area contributed by atoms with Crippen molar-refractivity contribution in [2.75, 3.05) is 5.32 Å². The predicted octanol–water partition coefficient (Wildman–Crippen LogP) is 4.02. The molecule has 0 aliphatic carbocycles. The average Bonchev–Trinajstić information content (AvgIpc) is 3.15. The van der Waals surface area contributed by atoms with Crippen molar-refractivity contribution in [1.82, 2.24) is 19.6 Å². The minimum atomic E-state index is -0.428. The number of carbonyl (C=O) groups excluding carboxylic acids is 1. The van der Waals surface area contributed by atoms with Gasteiger partial charge in [0.05, 0.1) is 22.4 Å². The number of nitrogens with one attached hydrogen (secondary N) is 1. The Morgan fingerprint density at radius 3 is 2.46 bits per heavy atom. The minimum absolute atomic E-state index is 0.149. The molecular formula is C19H22BrN5O. The van der Waals surface area contributed by atoms with Crippen molar-refractivity contribution in [2.45, 2.75) is 40.3 Å². The summed E-state index contributed by atoms with van der Waals surface area (Å²) in [5.41, 5.74) is 4.18. The predicted molar refractivity (Wildman–Crippen MR) is 105 cm³/mol. The normalized spacial score (nSPS) is 12.2. The van der Waals surface area contributed by atoms with Crippen molar-refractivity contribution in [3.63, 3.8) is 0 Å². The van der Waals surface area contributed by atoms with Crippen LogP contribution >= 0.6 is 15.9 Å². The molecule has 2 heterocycles. The van der Waals surface area contributed by atoms with E-state index in [1.165, 1.54) is 5.56 Å². The molecular weight excluding hydrogens is 394 g/mol. The second-order valence-electron chi connectivity index (χ2n) is 6.48. The third kappa shape index (κ3) is 3.88. The Kier molecular flexibility index (Phi) is 5.27.